The number of aliphatic imine (C=N–C) groups is 1. The van der Waals surface area contributed by atoms with Crippen LogP contribution in [0.25, 0.3) is 11.3 Å². The fourth-order valence-electron chi connectivity index (χ4n) is 4.03. The summed E-state index contributed by atoms with van der Waals surface area (Å²) in [6.45, 7) is 2.89. The molecule has 152 valence electrons. The Morgan fingerprint density at radius 1 is 0.967 bits per heavy atom. The second-order valence-electron chi connectivity index (χ2n) is 7.93. The molecule has 0 aliphatic carbocycles. The topological polar surface area (TPSA) is 75.8 Å². The molecule has 0 radical (unpaired) electrons. The van der Waals surface area contributed by atoms with Crippen molar-refractivity contribution in [3.8, 4) is 11.3 Å². The number of nitrogens with zero attached hydrogens (tertiary/aromatic N) is 3. The summed E-state index contributed by atoms with van der Waals surface area (Å²) >= 11 is 0. The maximum absolute atomic E-state index is 5.95. The van der Waals surface area contributed by atoms with Gasteiger partial charge in [0.05, 0.1) is 5.69 Å². The molecule has 6 heteroatoms. The normalized spacial score (nSPS) is 18.2. The zero-order valence-electron chi connectivity index (χ0n) is 16.8. The van der Waals surface area contributed by atoms with E-state index in [1.165, 1.54) is 5.56 Å². The molecule has 1 aromatic heterocycles. The molecule has 1 fully saturated rings. The van der Waals surface area contributed by atoms with Crippen LogP contribution in [0.4, 0.5) is 5.69 Å². The van der Waals surface area contributed by atoms with Crippen molar-refractivity contribution >= 4 is 11.5 Å². The van der Waals surface area contributed by atoms with Crippen molar-refractivity contribution in [1.29, 1.82) is 0 Å². The van der Waals surface area contributed by atoms with E-state index in [-0.39, 0.29) is 0 Å². The number of nitrogen functional groups attached to an aromatic ring is 1. The average Bonchev–Trinajstić information content (AvgIpc) is 3.20. The molecule has 2 aliphatic heterocycles. The first-order chi connectivity index (χ1) is 14.7. The molecule has 0 saturated carbocycles. The lowest BCUT2D eigenvalue weighted by atomic mass is 10.0. The van der Waals surface area contributed by atoms with Gasteiger partial charge in [-0.05, 0) is 29.8 Å². The number of pyridine rings is 1. The van der Waals surface area contributed by atoms with E-state index in [0.717, 1.165) is 60.8 Å². The van der Waals surface area contributed by atoms with Gasteiger partial charge in [-0.1, -0.05) is 42.5 Å². The van der Waals surface area contributed by atoms with Gasteiger partial charge in [-0.3, -0.25) is 9.88 Å². The molecular formula is C24H25N5O. The molecule has 1 spiro atoms. The minimum atomic E-state index is -0.477. The number of benzene rings is 2. The van der Waals surface area contributed by atoms with Crippen molar-refractivity contribution in [2.24, 2.45) is 4.99 Å². The first kappa shape index (κ1) is 18.8. The fraction of sp³-hybridized carbons (Fsp3) is 0.250. The van der Waals surface area contributed by atoms with E-state index in [4.69, 9.17) is 15.6 Å². The summed E-state index contributed by atoms with van der Waals surface area (Å²) in [5.74, 6) is 0.748. The number of amidine groups is 1. The molecule has 2 aliphatic rings. The highest BCUT2D eigenvalue weighted by molar-refractivity contribution is 5.99. The van der Waals surface area contributed by atoms with Crippen LogP contribution in [0.1, 0.15) is 24.0 Å². The maximum Gasteiger partial charge on any atom is 0.190 e. The standard InChI is InChI=1S/C24H25N5O/c25-21-8-4-7-19(15-21)22-10-9-20(16-26-22)23-27-24(30-28-23)11-13-29(14-12-24)17-18-5-2-1-3-6-18/h1-10,15-16H,11-14,17,25H2,(H,27,28). The molecule has 3 N–H and O–H groups in total. The SMILES string of the molecule is Nc1cccc(-c2ccc(C3=NC4(CCN(Cc5ccccc5)CC4)ON3)cn2)c1. The van der Waals surface area contributed by atoms with E-state index in [2.05, 4.69) is 45.7 Å². The van der Waals surface area contributed by atoms with Crippen LogP contribution in [0.2, 0.25) is 0 Å². The highest BCUT2D eigenvalue weighted by atomic mass is 16.7. The number of hydroxylamine groups is 1. The third-order valence-corrected chi connectivity index (χ3v) is 5.76. The molecule has 6 nitrogen and oxygen atoms in total. The molecule has 3 aromatic rings. The molecule has 0 amide bonds. The molecule has 0 atom stereocenters. The van der Waals surface area contributed by atoms with Gasteiger partial charge >= 0.3 is 0 Å². The van der Waals surface area contributed by atoms with Crippen LogP contribution in [-0.2, 0) is 11.4 Å². The maximum atomic E-state index is 5.95. The molecule has 0 unspecified atom stereocenters. The Balaban J connectivity index is 1.25. The highest BCUT2D eigenvalue weighted by Gasteiger charge is 2.40. The Kier molecular flexibility index (Phi) is 4.94. The molecule has 30 heavy (non-hydrogen) atoms. The number of nitrogens with two attached hydrogens (primary N) is 1. The fourth-order valence-corrected chi connectivity index (χ4v) is 4.03. The summed E-state index contributed by atoms with van der Waals surface area (Å²) < 4.78 is 0. The molecule has 5 rings (SSSR count). The smallest absolute Gasteiger partial charge is 0.190 e. The van der Waals surface area contributed by atoms with Crippen molar-refractivity contribution in [2.75, 3.05) is 18.8 Å². The van der Waals surface area contributed by atoms with Gasteiger partial charge in [0.15, 0.2) is 11.6 Å². The average molecular weight is 399 g/mol. The van der Waals surface area contributed by atoms with Crippen LogP contribution in [0, 0.1) is 0 Å². The molecule has 0 bridgehead atoms. The second-order valence-corrected chi connectivity index (χ2v) is 7.93. The third-order valence-electron chi connectivity index (χ3n) is 5.76. The summed E-state index contributed by atoms with van der Waals surface area (Å²) in [6, 6.07) is 22.3. The van der Waals surface area contributed by atoms with Gasteiger partial charge < -0.3 is 5.73 Å². The number of rotatable bonds is 4. The number of piperidine rings is 1. The summed E-state index contributed by atoms with van der Waals surface area (Å²) in [6.07, 6.45) is 3.56. The van der Waals surface area contributed by atoms with Crippen molar-refractivity contribution in [3.63, 3.8) is 0 Å². The largest absolute Gasteiger partial charge is 0.399 e. The van der Waals surface area contributed by atoms with Gasteiger partial charge in [0.1, 0.15) is 0 Å². The number of hydrogen-bond donors (Lipinski definition) is 2. The summed E-state index contributed by atoms with van der Waals surface area (Å²) in [7, 11) is 0. The highest BCUT2D eigenvalue weighted by Crippen LogP contribution is 2.31. The quantitative estimate of drug-likeness (QED) is 0.656. The van der Waals surface area contributed by atoms with E-state index in [9.17, 15) is 0 Å². The lowest BCUT2D eigenvalue weighted by Crippen LogP contribution is -2.44. The zero-order valence-corrected chi connectivity index (χ0v) is 16.8. The molecule has 1 saturated heterocycles. The minimum Gasteiger partial charge on any atom is -0.399 e. The number of hydrogen-bond acceptors (Lipinski definition) is 6. The van der Waals surface area contributed by atoms with Crippen molar-refractivity contribution < 1.29 is 4.84 Å². The van der Waals surface area contributed by atoms with E-state index >= 15 is 0 Å². The first-order valence-corrected chi connectivity index (χ1v) is 10.3. The van der Waals surface area contributed by atoms with E-state index in [1.807, 2.05) is 42.6 Å². The van der Waals surface area contributed by atoms with Gasteiger partial charge in [-0.2, -0.15) is 0 Å². The van der Waals surface area contributed by atoms with Crippen LogP contribution >= 0.6 is 0 Å². The van der Waals surface area contributed by atoms with Crippen molar-refractivity contribution in [2.45, 2.75) is 25.1 Å². The monoisotopic (exact) mass is 399 g/mol. The predicted octanol–water partition coefficient (Wildman–Crippen LogP) is 3.60. The van der Waals surface area contributed by atoms with Crippen LogP contribution in [0.3, 0.4) is 0 Å². The van der Waals surface area contributed by atoms with E-state index in [0.29, 0.717) is 0 Å². The predicted molar refractivity (Wildman–Crippen MR) is 119 cm³/mol. The Bertz CT molecular complexity index is 1040. The number of anilines is 1. The summed E-state index contributed by atoms with van der Waals surface area (Å²) in [5.41, 5.74) is 13.3. The second kappa shape index (κ2) is 7.89. The van der Waals surface area contributed by atoms with Gasteiger partial charge in [-0.15, -0.1) is 0 Å². The third kappa shape index (κ3) is 3.92. The van der Waals surface area contributed by atoms with Crippen LogP contribution in [-0.4, -0.2) is 34.5 Å². The summed E-state index contributed by atoms with van der Waals surface area (Å²) in [4.78, 5) is 17.9. The zero-order chi connectivity index (χ0) is 20.4. The van der Waals surface area contributed by atoms with Crippen molar-refractivity contribution in [3.05, 3.63) is 84.1 Å². The van der Waals surface area contributed by atoms with Gasteiger partial charge in [0.2, 0.25) is 0 Å². The van der Waals surface area contributed by atoms with E-state index in [1.54, 1.807) is 0 Å². The van der Waals surface area contributed by atoms with Crippen LogP contribution in [0.15, 0.2) is 77.9 Å². The van der Waals surface area contributed by atoms with E-state index < -0.39 is 5.72 Å². The molecular weight excluding hydrogens is 374 g/mol. The lowest BCUT2D eigenvalue weighted by molar-refractivity contribution is -0.0901. The Morgan fingerprint density at radius 2 is 1.80 bits per heavy atom. The van der Waals surface area contributed by atoms with Crippen LogP contribution in [0.5, 0.6) is 0 Å². The Morgan fingerprint density at radius 3 is 2.53 bits per heavy atom. The Labute approximate surface area is 176 Å². The minimum absolute atomic E-state index is 0.477. The first-order valence-electron chi connectivity index (χ1n) is 10.3. The van der Waals surface area contributed by atoms with Gasteiger partial charge in [0, 0.05) is 55.5 Å². The number of aromatic nitrogens is 1. The Hall–Kier alpha value is -3.22. The number of nitrogens with one attached hydrogen (secondary N) is 1. The van der Waals surface area contributed by atoms with Gasteiger partial charge in [-0.25, -0.2) is 15.3 Å². The molecule has 3 heterocycles. The van der Waals surface area contributed by atoms with Gasteiger partial charge in [0.25, 0.3) is 0 Å². The lowest BCUT2D eigenvalue weighted by Gasteiger charge is -2.35. The number of likely N-dealkylation sites (tertiary alicyclic amines) is 1. The summed E-state index contributed by atoms with van der Waals surface area (Å²) in [5, 5.41) is 0. The van der Waals surface area contributed by atoms with Crippen molar-refractivity contribution in [1.82, 2.24) is 15.4 Å². The molecule has 2 aromatic carbocycles. The van der Waals surface area contributed by atoms with Crippen LogP contribution < -0.4 is 11.2 Å².